The molecule has 0 aliphatic heterocycles. The molecule has 94 valence electrons. The Balaban J connectivity index is 1.90. The summed E-state index contributed by atoms with van der Waals surface area (Å²) in [5.41, 5.74) is 6.11. The zero-order valence-corrected chi connectivity index (χ0v) is 9.80. The van der Waals surface area contributed by atoms with E-state index >= 15 is 0 Å². The molecular formula is C12H14N4O2. The van der Waals surface area contributed by atoms with Crippen LogP contribution in [0.25, 0.3) is 0 Å². The summed E-state index contributed by atoms with van der Waals surface area (Å²) in [4.78, 5) is 15.8. The standard InChI is InChI=1S/C12H14N4O2/c13-7-6-12-15-10(16-18-12)8-11(17)14-9-4-2-1-3-5-9/h1-5H,6-8,13H2,(H,14,17). The van der Waals surface area contributed by atoms with Crippen molar-refractivity contribution in [2.45, 2.75) is 12.8 Å². The highest BCUT2D eigenvalue weighted by molar-refractivity contribution is 5.91. The first-order valence-electron chi connectivity index (χ1n) is 5.64. The first-order valence-corrected chi connectivity index (χ1v) is 5.64. The van der Waals surface area contributed by atoms with Crippen LogP contribution in [0.2, 0.25) is 0 Å². The molecule has 0 bridgehead atoms. The van der Waals surface area contributed by atoms with Gasteiger partial charge in [0.25, 0.3) is 0 Å². The van der Waals surface area contributed by atoms with Gasteiger partial charge in [0.15, 0.2) is 5.82 Å². The number of carbonyl (C=O) groups excluding carboxylic acids is 1. The third-order valence-electron chi connectivity index (χ3n) is 2.24. The number of nitrogens with two attached hydrogens (primary N) is 1. The van der Waals surface area contributed by atoms with Gasteiger partial charge in [-0.15, -0.1) is 0 Å². The molecule has 0 aliphatic carbocycles. The van der Waals surface area contributed by atoms with Crippen molar-refractivity contribution in [3.05, 3.63) is 42.0 Å². The average molecular weight is 246 g/mol. The lowest BCUT2D eigenvalue weighted by molar-refractivity contribution is -0.115. The number of anilines is 1. The predicted molar refractivity (Wildman–Crippen MR) is 65.8 cm³/mol. The second-order valence-corrected chi connectivity index (χ2v) is 3.73. The Morgan fingerprint density at radius 3 is 2.83 bits per heavy atom. The van der Waals surface area contributed by atoms with Gasteiger partial charge in [0, 0.05) is 18.7 Å². The summed E-state index contributed by atoms with van der Waals surface area (Å²) in [6.07, 6.45) is 0.607. The van der Waals surface area contributed by atoms with Gasteiger partial charge in [0.2, 0.25) is 11.8 Å². The minimum Gasteiger partial charge on any atom is -0.339 e. The molecule has 0 aliphatic rings. The van der Waals surface area contributed by atoms with Crippen molar-refractivity contribution < 1.29 is 9.32 Å². The van der Waals surface area contributed by atoms with Gasteiger partial charge < -0.3 is 15.6 Å². The van der Waals surface area contributed by atoms with Crippen LogP contribution in [0.3, 0.4) is 0 Å². The van der Waals surface area contributed by atoms with Crippen LogP contribution in [0.1, 0.15) is 11.7 Å². The number of benzene rings is 1. The second-order valence-electron chi connectivity index (χ2n) is 3.73. The van der Waals surface area contributed by atoms with Gasteiger partial charge in [0.05, 0.1) is 6.42 Å². The Labute approximate surface area is 104 Å². The van der Waals surface area contributed by atoms with Crippen molar-refractivity contribution in [2.24, 2.45) is 5.73 Å². The van der Waals surface area contributed by atoms with Gasteiger partial charge in [-0.05, 0) is 12.1 Å². The lowest BCUT2D eigenvalue weighted by Crippen LogP contribution is -2.15. The van der Waals surface area contributed by atoms with E-state index < -0.39 is 0 Å². The zero-order valence-electron chi connectivity index (χ0n) is 9.80. The van der Waals surface area contributed by atoms with Crippen molar-refractivity contribution in [2.75, 3.05) is 11.9 Å². The normalized spacial score (nSPS) is 10.3. The summed E-state index contributed by atoms with van der Waals surface area (Å²) in [5, 5.41) is 6.46. The van der Waals surface area contributed by atoms with Crippen LogP contribution in [-0.2, 0) is 17.6 Å². The Kier molecular flexibility index (Phi) is 4.03. The van der Waals surface area contributed by atoms with Crippen LogP contribution in [0.15, 0.2) is 34.9 Å². The van der Waals surface area contributed by atoms with E-state index in [0.717, 1.165) is 5.69 Å². The molecule has 6 heteroatoms. The van der Waals surface area contributed by atoms with Crippen molar-refractivity contribution >= 4 is 11.6 Å². The summed E-state index contributed by atoms with van der Waals surface area (Å²) < 4.78 is 4.94. The lowest BCUT2D eigenvalue weighted by Gasteiger charge is -2.01. The van der Waals surface area contributed by atoms with E-state index in [0.29, 0.717) is 24.7 Å². The maximum Gasteiger partial charge on any atom is 0.232 e. The zero-order chi connectivity index (χ0) is 12.8. The molecule has 2 rings (SSSR count). The molecule has 6 nitrogen and oxygen atoms in total. The van der Waals surface area contributed by atoms with E-state index in [4.69, 9.17) is 10.3 Å². The predicted octanol–water partition coefficient (Wildman–Crippen LogP) is 0.752. The second kappa shape index (κ2) is 5.92. The van der Waals surface area contributed by atoms with Gasteiger partial charge in [-0.2, -0.15) is 4.98 Å². The molecule has 18 heavy (non-hydrogen) atoms. The first-order chi connectivity index (χ1) is 8.78. The quantitative estimate of drug-likeness (QED) is 0.812. The van der Waals surface area contributed by atoms with E-state index in [1.165, 1.54) is 0 Å². The molecule has 2 aromatic rings. The molecule has 0 atom stereocenters. The van der Waals surface area contributed by atoms with Crippen molar-refractivity contribution in [3.63, 3.8) is 0 Å². The van der Waals surface area contributed by atoms with E-state index in [1.807, 2.05) is 30.3 Å². The Morgan fingerprint density at radius 1 is 1.33 bits per heavy atom. The number of nitrogens with zero attached hydrogens (tertiary/aromatic N) is 2. The number of hydrogen-bond donors (Lipinski definition) is 2. The molecular weight excluding hydrogens is 232 g/mol. The van der Waals surface area contributed by atoms with Crippen molar-refractivity contribution in [1.29, 1.82) is 0 Å². The SMILES string of the molecule is NCCc1nc(CC(=O)Nc2ccccc2)no1. The number of aromatic nitrogens is 2. The summed E-state index contributed by atoms with van der Waals surface area (Å²) in [5.74, 6) is 0.646. The molecule has 0 spiro atoms. The van der Waals surface area contributed by atoms with Crippen LogP contribution >= 0.6 is 0 Å². The van der Waals surface area contributed by atoms with Crippen LogP contribution < -0.4 is 11.1 Å². The molecule has 1 aromatic heterocycles. The van der Waals surface area contributed by atoms with Gasteiger partial charge in [-0.25, -0.2) is 0 Å². The lowest BCUT2D eigenvalue weighted by atomic mass is 10.3. The Morgan fingerprint density at radius 2 is 2.11 bits per heavy atom. The summed E-state index contributed by atoms with van der Waals surface area (Å²) in [6, 6.07) is 9.21. The molecule has 0 fully saturated rings. The van der Waals surface area contributed by atoms with Gasteiger partial charge in [0.1, 0.15) is 0 Å². The maximum absolute atomic E-state index is 11.7. The van der Waals surface area contributed by atoms with Crippen LogP contribution in [-0.4, -0.2) is 22.6 Å². The smallest absolute Gasteiger partial charge is 0.232 e. The Hall–Kier alpha value is -2.21. The van der Waals surface area contributed by atoms with E-state index in [-0.39, 0.29) is 12.3 Å². The van der Waals surface area contributed by atoms with E-state index in [9.17, 15) is 4.79 Å². The molecule has 3 N–H and O–H groups in total. The number of amides is 1. The third-order valence-corrected chi connectivity index (χ3v) is 2.24. The molecule has 0 radical (unpaired) electrons. The Bertz CT molecular complexity index is 510. The molecule has 1 aromatic carbocycles. The fraction of sp³-hybridized carbons (Fsp3) is 0.250. The molecule has 1 amide bonds. The van der Waals surface area contributed by atoms with Crippen LogP contribution in [0.4, 0.5) is 5.69 Å². The van der Waals surface area contributed by atoms with Gasteiger partial charge in [-0.3, -0.25) is 4.79 Å². The molecule has 0 saturated carbocycles. The summed E-state index contributed by atoms with van der Waals surface area (Å²) in [7, 11) is 0. The van der Waals surface area contributed by atoms with Gasteiger partial charge >= 0.3 is 0 Å². The highest BCUT2D eigenvalue weighted by Crippen LogP contribution is 2.06. The first kappa shape index (κ1) is 12.3. The molecule has 0 unspecified atom stereocenters. The minimum atomic E-state index is -0.179. The van der Waals surface area contributed by atoms with Crippen molar-refractivity contribution in [1.82, 2.24) is 10.1 Å². The number of nitrogens with one attached hydrogen (secondary N) is 1. The topological polar surface area (TPSA) is 94.0 Å². The third kappa shape index (κ3) is 3.39. The van der Waals surface area contributed by atoms with Crippen LogP contribution in [0.5, 0.6) is 0 Å². The number of hydrogen-bond acceptors (Lipinski definition) is 5. The van der Waals surface area contributed by atoms with E-state index in [1.54, 1.807) is 0 Å². The van der Waals surface area contributed by atoms with Gasteiger partial charge in [-0.1, -0.05) is 23.4 Å². The highest BCUT2D eigenvalue weighted by atomic mass is 16.5. The number of rotatable bonds is 5. The molecule has 0 saturated heterocycles. The maximum atomic E-state index is 11.7. The summed E-state index contributed by atoms with van der Waals surface area (Å²) >= 11 is 0. The van der Waals surface area contributed by atoms with E-state index in [2.05, 4.69) is 15.5 Å². The van der Waals surface area contributed by atoms with Crippen molar-refractivity contribution in [3.8, 4) is 0 Å². The minimum absolute atomic E-state index is 0.0863. The monoisotopic (exact) mass is 246 g/mol. The molecule has 1 heterocycles. The highest BCUT2D eigenvalue weighted by Gasteiger charge is 2.10. The average Bonchev–Trinajstić information content (AvgIpc) is 2.78. The largest absolute Gasteiger partial charge is 0.339 e. The summed E-state index contributed by atoms with van der Waals surface area (Å²) in [6.45, 7) is 0.442. The number of para-hydroxylation sites is 1. The van der Waals surface area contributed by atoms with Crippen LogP contribution in [0, 0.1) is 0 Å². The number of carbonyl (C=O) groups is 1. The fourth-order valence-electron chi connectivity index (χ4n) is 1.46. The fourth-order valence-corrected chi connectivity index (χ4v) is 1.46.